The summed E-state index contributed by atoms with van der Waals surface area (Å²) in [6.07, 6.45) is 8.90. The van der Waals surface area contributed by atoms with Crippen molar-refractivity contribution in [3.63, 3.8) is 0 Å². The monoisotopic (exact) mass is 460 g/mol. The molecule has 0 amide bonds. The summed E-state index contributed by atoms with van der Waals surface area (Å²) in [5, 5.41) is 18.7. The van der Waals surface area contributed by atoms with E-state index in [9.17, 15) is 0 Å². The summed E-state index contributed by atoms with van der Waals surface area (Å²) in [6, 6.07) is 11.8. The average molecular weight is 461 g/mol. The molecule has 0 aliphatic heterocycles. The van der Waals surface area contributed by atoms with Crippen molar-refractivity contribution in [3.8, 4) is 17.2 Å². The van der Waals surface area contributed by atoms with Gasteiger partial charge in [0.1, 0.15) is 18.7 Å². The summed E-state index contributed by atoms with van der Waals surface area (Å²) < 4.78 is 7.92. The molecule has 146 valence electrons. The third-order valence-corrected chi connectivity index (χ3v) is 5.08. The Hall–Kier alpha value is -3.86. The first-order valence-corrected chi connectivity index (χ1v) is 9.90. The molecule has 0 fully saturated rings. The Balaban J connectivity index is 1.39. The summed E-state index contributed by atoms with van der Waals surface area (Å²) >= 11 is 3.39. The lowest BCUT2D eigenvalue weighted by molar-refractivity contribution is 0.503. The fraction of sp³-hybridized carbons (Fsp3) is 0.0526. The molecule has 0 radical (unpaired) electrons. The summed E-state index contributed by atoms with van der Waals surface area (Å²) in [5.74, 6) is 0.525. The number of fused-ring (bicyclic) bond motifs is 3. The van der Waals surface area contributed by atoms with E-state index in [1.807, 2.05) is 48.8 Å². The fourth-order valence-corrected chi connectivity index (χ4v) is 3.64. The smallest absolute Gasteiger partial charge is 0.202 e. The maximum atomic E-state index is 4.70. The number of para-hydroxylation sites is 1. The van der Waals surface area contributed by atoms with E-state index in [2.05, 4.69) is 41.3 Å². The standard InChI is InChI=1S/C19H13BrN10/c20-13-8-22-28(10-13)12-27-7-6-16(25-27)17-24-19-15-9-23-30(14-4-2-1-3-5-14)18(15)21-11-29(19)26-17/h1-11H,12H2. The van der Waals surface area contributed by atoms with E-state index in [0.29, 0.717) is 23.8 Å². The van der Waals surface area contributed by atoms with Crippen LogP contribution < -0.4 is 0 Å². The van der Waals surface area contributed by atoms with Crippen LogP contribution in [0.15, 0.2) is 72.0 Å². The number of nitrogens with zero attached hydrogens (tertiary/aromatic N) is 10. The third kappa shape index (κ3) is 2.78. The van der Waals surface area contributed by atoms with Crippen molar-refractivity contribution < 1.29 is 0 Å². The molecule has 0 spiro atoms. The SMILES string of the molecule is Brc1cnn(Cn2ccc(-c3nc4c5cnn(-c6ccccc6)c5ncn4n3)n2)c1. The van der Waals surface area contributed by atoms with Crippen LogP contribution in [0.2, 0.25) is 0 Å². The zero-order valence-corrected chi connectivity index (χ0v) is 17.0. The molecule has 11 heteroatoms. The topological polar surface area (TPSA) is 96.5 Å². The van der Waals surface area contributed by atoms with Gasteiger partial charge in [-0.3, -0.25) is 4.68 Å². The number of hydrogen-bond donors (Lipinski definition) is 0. The van der Waals surface area contributed by atoms with E-state index >= 15 is 0 Å². The van der Waals surface area contributed by atoms with Crippen LogP contribution in [0.1, 0.15) is 0 Å². The molecule has 0 saturated heterocycles. The van der Waals surface area contributed by atoms with Gasteiger partial charge in [-0.2, -0.15) is 15.3 Å². The summed E-state index contributed by atoms with van der Waals surface area (Å²) in [7, 11) is 0. The Kier molecular flexibility index (Phi) is 3.74. The molecule has 0 unspecified atom stereocenters. The lowest BCUT2D eigenvalue weighted by Crippen LogP contribution is -2.08. The first-order valence-electron chi connectivity index (χ1n) is 9.11. The van der Waals surface area contributed by atoms with Crippen LogP contribution in [0.3, 0.4) is 0 Å². The van der Waals surface area contributed by atoms with E-state index in [-0.39, 0.29) is 0 Å². The van der Waals surface area contributed by atoms with Gasteiger partial charge in [0.25, 0.3) is 0 Å². The molecule has 0 saturated carbocycles. The van der Waals surface area contributed by atoms with E-state index in [4.69, 9.17) is 4.98 Å². The Labute approximate surface area is 177 Å². The van der Waals surface area contributed by atoms with Gasteiger partial charge in [-0.15, -0.1) is 5.10 Å². The van der Waals surface area contributed by atoms with Gasteiger partial charge in [0, 0.05) is 12.4 Å². The quantitative estimate of drug-likeness (QED) is 0.401. The first-order chi connectivity index (χ1) is 14.7. The molecule has 0 aliphatic rings. The van der Waals surface area contributed by atoms with Gasteiger partial charge in [0.2, 0.25) is 5.82 Å². The molecule has 0 atom stereocenters. The van der Waals surface area contributed by atoms with Crippen molar-refractivity contribution in [1.82, 2.24) is 48.9 Å². The molecule has 6 aromatic rings. The molecule has 6 rings (SSSR count). The maximum absolute atomic E-state index is 4.70. The van der Waals surface area contributed by atoms with Crippen LogP contribution in [-0.4, -0.2) is 48.9 Å². The van der Waals surface area contributed by atoms with E-state index in [1.54, 1.807) is 37.3 Å². The van der Waals surface area contributed by atoms with Gasteiger partial charge in [0.05, 0.1) is 27.9 Å². The minimum atomic E-state index is 0.495. The normalized spacial score (nSPS) is 11.6. The Bertz CT molecular complexity index is 1490. The van der Waals surface area contributed by atoms with Gasteiger partial charge in [-0.1, -0.05) is 18.2 Å². The van der Waals surface area contributed by atoms with Gasteiger partial charge < -0.3 is 0 Å². The van der Waals surface area contributed by atoms with E-state index in [1.165, 1.54) is 0 Å². The van der Waals surface area contributed by atoms with Crippen molar-refractivity contribution in [3.05, 3.63) is 72.0 Å². The largest absolute Gasteiger partial charge is 0.250 e. The number of rotatable bonds is 4. The minimum absolute atomic E-state index is 0.495. The molecule has 5 aromatic heterocycles. The predicted octanol–water partition coefficient (Wildman–Crippen LogP) is 2.79. The molecule has 0 bridgehead atoms. The second-order valence-electron chi connectivity index (χ2n) is 6.66. The molecule has 30 heavy (non-hydrogen) atoms. The van der Waals surface area contributed by atoms with Crippen LogP contribution in [0.25, 0.3) is 33.9 Å². The molecular weight excluding hydrogens is 448 g/mol. The molecular formula is C19H13BrN10. The zero-order chi connectivity index (χ0) is 20.1. The molecule has 1 aromatic carbocycles. The van der Waals surface area contributed by atoms with Crippen molar-refractivity contribution in [2.75, 3.05) is 0 Å². The van der Waals surface area contributed by atoms with E-state index < -0.39 is 0 Å². The van der Waals surface area contributed by atoms with Crippen molar-refractivity contribution in [2.24, 2.45) is 0 Å². The Morgan fingerprint density at radius 2 is 1.80 bits per heavy atom. The highest BCUT2D eigenvalue weighted by Gasteiger charge is 2.15. The second kappa shape index (κ2) is 6.59. The summed E-state index contributed by atoms with van der Waals surface area (Å²) in [6.45, 7) is 0.495. The van der Waals surface area contributed by atoms with Gasteiger partial charge in [-0.25, -0.2) is 23.8 Å². The fourth-order valence-electron chi connectivity index (χ4n) is 3.31. The van der Waals surface area contributed by atoms with Gasteiger partial charge >= 0.3 is 0 Å². The van der Waals surface area contributed by atoms with Crippen LogP contribution in [0.5, 0.6) is 0 Å². The second-order valence-corrected chi connectivity index (χ2v) is 7.57. The van der Waals surface area contributed by atoms with Crippen molar-refractivity contribution >= 4 is 32.6 Å². The third-order valence-electron chi connectivity index (χ3n) is 4.67. The number of hydrogen-bond acceptors (Lipinski definition) is 6. The molecule has 0 aliphatic carbocycles. The first kappa shape index (κ1) is 17.0. The lowest BCUT2D eigenvalue weighted by Gasteiger charge is -2.01. The molecule has 10 nitrogen and oxygen atoms in total. The van der Waals surface area contributed by atoms with Crippen molar-refractivity contribution in [1.29, 1.82) is 0 Å². The zero-order valence-electron chi connectivity index (χ0n) is 15.4. The highest BCUT2D eigenvalue weighted by Crippen LogP contribution is 2.22. The summed E-state index contributed by atoms with van der Waals surface area (Å²) in [5.41, 5.74) is 3.02. The maximum Gasteiger partial charge on any atom is 0.202 e. The van der Waals surface area contributed by atoms with Crippen LogP contribution in [0.4, 0.5) is 0 Å². The summed E-state index contributed by atoms with van der Waals surface area (Å²) in [4.78, 5) is 9.23. The molecule has 5 heterocycles. The molecule has 0 N–H and O–H groups in total. The number of aromatic nitrogens is 10. The van der Waals surface area contributed by atoms with Crippen LogP contribution >= 0.6 is 15.9 Å². The number of benzene rings is 1. The van der Waals surface area contributed by atoms with Crippen LogP contribution in [-0.2, 0) is 6.67 Å². The predicted molar refractivity (Wildman–Crippen MR) is 112 cm³/mol. The van der Waals surface area contributed by atoms with Crippen molar-refractivity contribution in [2.45, 2.75) is 6.67 Å². The highest BCUT2D eigenvalue weighted by atomic mass is 79.9. The van der Waals surface area contributed by atoms with Crippen LogP contribution in [0, 0.1) is 0 Å². The lowest BCUT2D eigenvalue weighted by atomic mass is 10.3. The van der Waals surface area contributed by atoms with Gasteiger partial charge in [0.15, 0.2) is 11.3 Å². The Morgan fingerprint density at radius 3 is 2.63 bits per heavy atom. The Morgan fingerprint density at radius 1 is 0.900 bits per heavy atom. The van der Waals surface area contributed by atoms with E-state index in [0.717, 1.165) is 21.2 Å². The minimum Gasteiger partial charge on any atom is -0.250 e. The average Bonchev–Trinajstić information content (AvgIpc) is 3.54. The highest BCUT2D eigenvalue weighted by molar-refractivity contribution is 9.10. The van der Waals surface area contributed by atoms with Gasteiger partial charge in [-0.05, 0) is 34.1 Å². The number of halogens is 1.